The van der Waals surface area contributed by atoms with Crippen molar-refractivity contribution in [2.75, 3.05) is 6.54 Å². The fourth-order valence-corrected chi connectivity index (χ4v) is 6.79. The lowest BCUT2D eigenvalue weighted by Crippen LogP contribution is -2.65. The standard InChI is InChI=1S/C29H37N3O2S/c1-4-23-17-24-26(35-23)18-25-27(33)32(16-8-11-21-9-6-5-7-10-21)29(3,19-31(24)25)28(34)30-22-14-12-20(2)13-15-22/h5-7,9-10,17-18,20,22H,4,8,11-16,19H2,1-3H3,(H,30,34)/t20?,22?,29-/m1/s1. The molecular formula is C29H37N3O2S. The minimum atomic E-state index is -0.913. The average molecular weight is 492 g/mol. The number of thiophene rings is 1. The Morgan fingerprint density at radius 1 is 1.14 bits per heavy atom. The molecule has 2 aliphatic rings. The van der Waals surface area contributed by atoms with Crippen LogP contribution in [0, 0.1) is 5.92 Å². The molecule has 0 radical (unpaired) electrons. The topological polar surface area (TPSA) is 54.3 Å². The summed E-state index contributed by atoms with van der Waals surface area (Å²) in [5.74, 6) is 0.691. The van der Waals surface area contributed by atoms with E-state index in [-0.39, 0.29) is 17.9 Å². The van der Waals surface area contributed by atoms with E-state index in [1.165, 1.54) is 10.4 Å². The van der Waals surface area contributed by atoms with Gasteiger partial charge in [-0.2, -0.15) is 0 Å². The molecule has 5 rings (SSSR count). The van der Waals surface area contributed by atoms with E-state index in [1.807, 2.05) is 36.1 Å². The summed E-state index contributed by atoms with van der Waals surface area (Å²) in [6, 6.07) is 14.8. The van der Waals surface area contributed by atoms with Crippen LogP contribution in [0.2, 0.25) is 0 Å². The van der Waals surface area contributed by atoms with Gasteiger partial charge in [0.1, 0.15) is 11.2 Å². The van der Waals surface area contributed by atoms with Crippen LogP contribution >= 0.6 is 11.3 Å². The Kier molecular flexibility index (Phi) is 6.75. The van der Waals surface area contributed by atoms with Gasteiger partial charge in [0, 0.05) is 17.5 Å². The van der Waals surface area contributed by atoms with Gasteiger partial charge in [0.15, 0.2) is 0 Å². The van der Waals surface area contributed by atoms with E-state index in [0.29, 0.717) is 18.8 Å². The van der Waals surface area contributed by atoms with Gasteiger partial charge in [-0.15, -0.1) is 11.3 Å². The second-order valence-electron chi connectivity index (χ2n) is 10.7. The molecule has 2 aromatic heterocycles. The first-order valence-electron chi connectivity index (χ1n) is 13.2. The van der Waals surface area contributed by atoms with Gasteiger partial charge in [0.2, 0.25) is 5.91 Å². The fraction of sp³-hybridized carbons (Fsp3) is 0.517. The van der Waals surface area contributed by atoms with Gasteiger partial charge in [0.25, 0.3) is 5.91 Å². The monoisotopic (exact) mass is 491 g/mol. The maximum Gasteiger partial charge on any atom is 0.271 e. The molecule has 0 unspecified atom stereocenters. The second-order valence-corrected chi connectivity index (χ2v) is 11.8. The van der Waals surface area contributed by atoms with Gasteiger partial charge >= 0.3 is 0 Å². The minimum absolute atomic E-state index is 0.0106. The minimum Gasteiger partial charge on any atom is -0.351 e. The highest BCUT2D eigenvalue weighted by Gasteiger charge is 2.48. The Balaban J connectivity index is 1.43. The molecule has 6 heteroatoms. The molecule has 35 heavy (non-hydrogen) atoms. The number of nitrogens with zero attached hydrogens (tertiary/aromatic N) is 2. The number of fused-ring (bicyclic) bond motifs is 3. The molecular weight excluding hydrogens is 454 g/mol. The lowest BCUT2D eigenvalue weighted by molar-refractivity contribution is -0.133. The van der Waals surface area contributed by atoms with Crippen LogP contribution in [-0.4, -0.2) is 39.4 Å². The summed E-state index contributed by atoms with van der Waals surface area (Å²) in [4.78, 5) is 30.9. The van der Waals surface area contributed by atoms with Crippen molar-refractivity contribution in [3.8, 4) is 0 Å². The first kappa shape index (κ1) is 24.1. The average Bonchev–Trinajstić information content (AvgIpc) is 3.42. The zero-order valence-electron chi connectivity index (χ0n) is 21.2. The molecule has 1 fully saturated rings. The third kappa shape index (κ3) is 4.65. The number of rotatable bonds is 7. The zero-order chi connectivity index (χ0) is 24.6. The van der Waals surface area contributed by atoms with Gasteiger partial charge in [-0.3, -0.25) is 9.59 Å². The van der Waals surface area contributed by atoms with E-state index >= 15 is 0 Å². The molecule has 1 atom stereocenters. The summed E-state index contributed by atoms with van der Waals surface area (Å²) in [5, 5.41) is 3.35. The van der Waals surface area contributed by atoms with Crippen LogP contribution in [0.25, 0.3) is 10.2 Å². The van der Waals surface area contributed by atoms with E-state index in [1.54, 1.807) is 11.3 Å². The summed E-state index contributed by atoms with van der Waals surface area (Å²) < 4.78 is 3.24. The van der Waals surface area contributed by atoms with Crippen LogP contribution in [0.5, 0.6) is 0 Å². The Morgan fingerprint density at radius 2 is 1.89 bits per heavy atom. The molecule has 2 amide bonds. The molecule has 186 valence electrons. The lowest BCUT2D eigenvalue weighted by atomic mass is 9.86. The molecule has 0 bridgehead atoms. The van der Waals surface area contributed by atoms with Gasteiger partial charge in [0.05, 0.1) is 16.8 Å². The third-order valence-electron chi connectivity index (χ3n) is 8.05. The van der Waals surface area contributed by atoms with E-state index in [4.69, 9.17) is 0 Å². The summed E-state index contributed by atoms with van der Waals surface area (Å²) >= 11 is 1.75. The van der Waals surface area contributed by atoms with Crippen LogP contribution in [-0.2, 0) is 24.2 Å². The van der Waals surface area contributed by atoms with Gasteiger partial charge in [-0.25, -0.2) is 0 Å². The molecule has 3 heterocycles. The normalized spacial score (nSPS) is 24.5. The molecule has 1 aromatic carbocycles. The number of carbonyl (C=O) groups is 2. The van der Waals surface area contributed by atoms with Gasteiger partial charge < -0.3 is 14.8 Å². The predicted molar refractivity (Wildman–Crippen MR) is 143 cm³/mol. The van der Waals surface area contributed by atoms with Crippen LogP contribution in [0.1, 0.15) is 73.8 Å². The summed E-state index contributed by atoms with van der Waals surface area (Å²) in [6.07, 6.45) is 7.04. The number of nitrogens with one attached hydrogen (secondary N) is 1. The molecule has 3 aromatic rings. The van der Waals surface area contributed by atoms with E-state index in [9.17, 15) is 9.59 Å². The highest BCUT2D eigenvalue weighted by molar-refractivity contribution is 7.19. The number of amides is 2. The number of hydrogen-bond donors (Lipinski definition) is 1. The number of aromatic nitrogens is 1. The maximum atomic E-state index is 13.9. The predicted octanol–water partition coefficient (Wildman–Crippen LogP) is 5.81. The second kappa shape index (κ2) is 9.81. The van der Waals surface area contributed by atoms with Crippen molar-refractivity contribution in [3.05, 3.63) is 58.6 Å². The first-order valence-corrected chi connectivity index (χ1v) is 14.0. The summed E-state index contributed by atoms with van der Waals surface area (Å²) in [5.41, 5.74) is 2.15. The molecule has 1 aliphatic carbocycles. The van der Waals surface area contributed by atoms with Crippen molar-refractivity contribution < 1.29 is 9.59 Å². The molecule has 5 nitrogen and oxygen atoms in total. The summed E-state index contributed by atoms with van der Waals surface area (Å²) in [7, 11) is 0. The molecule has 0 saturated heterocycles. The van der Waals surface area contributed by atoms with Crippen molar-refractivity contribution in [2.24, 2.45) is 5.92 Å². The van der Waals surface area contributed by atoms with Crippen molar-refractivity contribution in [2.45, 2.75) is 83.8 Å². The van der Waals surface area contributed by atoms with E-state index in [0.717, 1.165) is 61.1 Å². The maximum absolute atomic E-state index is 13.9. The quantitative estimate of drug-likeness (QED) is 0.454. The number of aryl methyl sites for hydroxylation is 2. The number of benzene rings is 1. The SMILES string of the molecule is CCc1cc2c(cc3n2C[C@](C)(C(=O)NC2CCC(C)CC2)N(CCCc2ccccc2)C3=O)s1. The van der Waals surface area contributed by atoms with E-state index < -0.39 is 5.54 Å². The highest BCUT2D eigenvalue weighted by atomic mass is 32.1. The Hall–Kier alpha value is -2.60. The van der Waals surface area contributed by atoms with Crippen molar-refractivity contribution >= 4 is 33.4 Å². The molecule has 1 aliphatic heterocycles. The van der Waals surface area contributed by atoms with Crippen LogP contribution in [0.15, 0.2) is 42.5 Å². The largest absolute Gasteiger partial charge is 0.351 e. The third-order valence-corrected chi connectivity index (χ3v) is 9.26. The van der Waals surface area contributed by atoms with Crippen molar-refractivity contribution in [1.29, 1.82) is 0 Å². The molecule has 0 spiro atoms. The lowest BCUT2D eigenvalue weighted by Gasteiger charge is -2.45. The molecule has 1 N–H and O–H groups in total. The van der Waals surface area contributed by atoms with Crippen LogP contribution in [0.3, 0.4) is 0 Å². The summed E-state index contributed by atoms with van der Waals surface area (Å²) in [6.45, 7) is 7.48. The van der Waals surface area contributed by atoms with Crippen molar-refractivity contribution in [3.63, 3.8) is 0 Å². The zero-order valence-corrected chi connectivity index (χ0v) is 22.0. The first-order chi connectivity index (χ1) is 16.9. The highest BCUT2D eigenvalue weighted by Crippen LogP contribution is 2.36. The van der Waals surface area contributed by atoms with Crippen LogP contribution in [0.4, 0.5) is 0 Å². The van der Waals surface area contributed by atoms with Crippen molar-refractivity contribution in [1.82, 2.24) is 14.8 Å². The number of carbonyl (C=O) groups excluding carboxylic acids is 2. The smallest absolute Gasteiger partial charge is 0.271 e. The Labute approximate surface area is 212 Å². The number of hydrogen-bond acceptors (Lipinski definition) is 3. The van der Waals surface area contributed by atoms with Gasteiger partial charge in [-0.05, 0) is 75.5 Å². The Bertz CT molecular complexity index is 1210. The van der Waals surface area contributed by atoms with Crippen LogP contribution < -0.4 is 5.32 Å². The Morgan fingerprint density at radius 3 is 2.60 bits per heavy atom. The fourth-order valence-electron chi connectivity index (χ4n) is 5.74. The van der Waals surface area contributed by atoms with Gasteiger partial charge in [-0.1, -0.05) is 44.2 Å². The molecule has 1 saturated carbocycles. The van der Waals surface area contributed by atoms with E-state index in [2.05, 4.69) is 41.9 Å².